The van der Waals surface area contributed by atoms with Crippen LogP contribution in [0, 0.1) is 11.8 Å². The van der Waals surface area contributed by atoms with E-state index in [1.807, 2.05) is 18.2 Å². The van der Waals surface area contributed by atoms with Crippen LogP contribution in [0.25, 0.3) is 11.0 Å². The summed E-state index contributed by atoms with van der Waals surface area (Å²) in [5, 5.41) is 0. The van der Waals surface area contributed by atoms with Gasteiger partial charge in [-0.1, -0.05) is 19.1 Å². The molecule has 1 aromatic heterocycles. The fraction of sp³-hybridized carbons (Fsp3) is 0.529. The molecule has 3 rings (SSSR count). The minimum absolute atomic E-state index is 0.259. The number of hydrogen-bond acceptors (Lipinski definition) is 2. The van der Waals surface area contributed by atoms with Crippen LogP contribution in [0.3, 0.4) is 0 Å². The highest BCUT2D eigenvalue weighted by Crippen LogP contribution is 2.31. The van der Waals surface area contributed by atoms with Crippen LogP contribution in [-0.4, -0.2) is 15.3 Å². The van der Waals surface area contributed by atoms with Gasteiger partial charge in [-0.25, -0.2) is 4.98 Å². The van der Waals surface area contributed by atoms with Crippen LogP contribution in [0.1, 0.15) is 38.9 Å². The Bertz CT molecular complexity index is 629. The zero-order valence-corrected chi connectivity index (χ0v) is 12.3. The first-order valence-corrected chi connectivity index (χ1v) is 7.66. The van der Waals surface area contributed by atoms with Crippen LogP contribution in [0.2, 0.25) is 0 Å². The number of aromatic nitrogens is 2. The predicted octanol–water partition coefficient (Wildman–Crippen LogP) is 3.60. The molecule has 1 aromatic carbocycles. The molecule has 106 valence electrons. The number of carbonyl (C=O) groups excluding carboxylic acids is 1. The lowest BCUT2D eigenvalue weighted by Gasteiger charge is -2.09. The fourth-order valence-corrected chi connectivity index (χ4v) is 3.41. The van der Waals surface area contributed by atoms with Gasteiger partial charge in [0.25, 0.3) is 0 Å². The third kappa shape index (κ3) is 2.37. The van der Waals surface area contributed by atoms with Crippen molar-refractivity contribution >= 4 is 16.8 Å². The van der Waals surface area contributed by atoms with Crippen molar-refractivity contribution in [3.05, 3.63) is 30.1 Å². The molecule has 1 saturated carbocycles. The summed E-state index contributed by atoms with van der Waals surface area (Å²) in [5.74, 6) is 2.27. The highest BCUT2D eigenvalue weighted by atomic mass is 16.1. The molecular weight excluding hydrogens is 248 g/mol. The van der Waals surface area contributed by atoms with Crippen LogP contribution in [0.5, 0.6) is 0 Å². The maximum Gasteiger partial charge on any atom is 0.143 e. The first kappa shape index (κ1) is 13.3. The molecule has 0 aliphatic heterocycles. The lowest BCUT2D eigenvalue weighted by atomic mass is 9.98. The molecule has 1 fully saturated rings. The molecule has 1 aliphatic rings. The minimum atomic E-state index is 0.259. The molecule has 0 N–H and O–H groups in total. The maximum absolute atomic E-state index is 12.5. The van der Waals surface area contributed by atoms with Gasteiger partial charge in [-0.05, 0) is 44.2 Å². The highest BCUT2D eigenvalue weighted by Gasteiger charge is 2.28. The van der Waals surface area contributed by atoms with E-state index < -0.39 is 0 Å². The Kier molecular flexibility index (Phi) is 3.60. The largest absolute Gasteiger partial charge is 0.328 e. The molecule has 0 saturated heterocycles. The van der Waals surface area contributed by atoms with E-state index in [1.165, 1.54) is 6.42 Å². The number of hydrogen-bond donors (Lipinski definition) is 0. The van der Waals surface area contributed by atoms with Gasteiger partial charge < -0.3 is 4.57 Å². The Hall–Kier alpha value is -1.64. The van der Waals surface area contributed by atoms with Gasteiger partial charge in [-0.2, -0.15) is 0 Å². The van der Waals surface area contributed by atoms with Crippen LogP contribution < -0.4 is 0 Å². The molecule has 3 heteroatoms. The molecule has 0 bridgehead atoms. The Labute approximate surface area is 120 Å². The average Bonchev–Trinajstić information content (AvgIpc) is 3.01. The maximum atomic E-state index is 12.5. The van der Waals surface area contributed by atoms with Crippen molar-refractivity contribution < 1.29 is 4.79 Å². The number of carbonyl (C=O) groups is 1. The van der Waals surface area contributed by atoms with Crippen molar-refractivity contribution in [2.75, 3.05) is 0 Å². The lowest BCUT2D eigenvalue weighted by Crippen LogP contribution is -2.17. The molecule has 3 nitrogen and oxygen atoms in total. The summed E-state index contributed by atoms with van der Waals surface area (Å²) in [6.07, 6.45) is 3.80. The summed E-state index contributed by atoms with van der Waals surface area (Å²) in [6, 6.07) is 8.13. The van der Waals surface area contributed by atoms with Gasteiger partial charge in [0.15, 0.2) is 0 Å². The first-order valence-electron chi connectivity index (χ1n) is 7.66. The lowest BCUT2D eigenvalue weighted by molar-refractivity contribution is -0.122. The molecule has 0 amide bonds. The average molecular weight is 270 g/mol. The SMILES string of the molecule is CCn1c(CC(=O)C2CCC(C)C2)nc2ccccc21. The van der Waals surface area contributed by atoms with Gasteiger partial charge in [-0.15, -0.1) is 0 Å². The monoisotopic (exact) mass is 270 g/mol. The summed E-state index contributed by atoms with van der Waals surface area (Å²) < 4.78 is 2.17. The van der Waals surface area contributed by atoms with Crippen LogP contribution in [-0.2, 0) is 17.8 Å². The number of benzene rings is 1. The highest BCUT2D eigenvalue weighted by molar-refractivity contribution is 5.84. The van der Waals surface area contributed by atoms with Crippen molar-refractivity contribution in [3.8, 4) is 0 Å². The topological polar surface area (TPSA) is 34.9 Å². The summed E-state index contributed by atoms with van der Waals surface area (Å²) in [5.41, 5.74) is 2.13. The second kappa shape index (κ2) is 5.39. The Morgan fingerprint density at radius 1 is 1.35 bits per heavy atom. The molecule has 2 unspecified atom stereocenters. The summed E-state index contributed by atoms with van der Waals surface area (Å²) in [4.78, 5) is 17.1. The summed E-state index contributed by atoms with van der Waals surface area (Å²) in [7, 11) is 0. The number of Topliss-reactive ketones (excluding diaryl/α,β-unsaturated/α-hetero) is 1. The van der Waals surface area contributed by atoms with E-state index in [1.54, 1.807) is 0 Å². The van der Waals surface area contributed by atoms with Crippen LogP contribution in [0.4, 0.5) is 0 Å². The standard InChI is InChI=1S/C17H22N2O/c1-3-19-15-7-5-4-6-14(15)18-17(19)11-16(20)13-9-8-12(2)10-13/h4-7,12-13H,3,8-11H2,1-2H3. The van der Waals surface area contributed by atoms with E-state index in [4.69, 9.17) is 0 Å². The van der Waals surface area contributed by atoms with Crippen molar-refractivity contribution in [2.24, 2.45) is 11.8 Å². The molecule has 1 aliphatic carbocycles. The molecule has 2 atom stereocenters. The number of ketones is 1. The number of aryl methyl sites for hydroxylation is 1. The van der Waals surface area contributed by atoms with Gasteiger partial charge in [-0.3, -0.25) is 4.79 Å². The van der Waals surface area contributed by atoms with Gasteiger partial charge in [0.2, 0.25) is 0 Å². The van der Waals surface area contributed by atoms with E-state index in [2.05, 4.69) is 29.5 Å². The van der Waals surface area contributed by atoms with Crippen molar-refractivity contribution in [1.29, 1.82) is 0 Å². The van der Waals surface area contributed by atoms with Gasteiger partial charge in [0.05, 0.1) is 17.5 Å². The van der Waals surface area contributed by atoms with E-state index in [0.717, 1.165) is 36.2 Å². The first-order chi connectivity index (χ1) is 9.69. The van der Waals surface area contributed by atoms with Crippen molar-refractivity contribution in [1.82, 2.24) is 9.55 Å². The fourth-order valence-electron chi connectivity index (χ4n) is 3.41. The summed E-state index contributed by atoms with van der Waals surface area (Å²) >= 11 is 0. The molecule has 1 heterocycles. The molecular formula is C17H22N2O. The number of rotatable bonds is 4. The van der Waals surface area contributed by atoms with Crippen LogP contribution in [0.15, 0.2) is 24.3 Å². The van der Waals surface area contributed by atoms with Gasteiger partial charge in [0.1, 0.15) is 11.6 Å². The number of imidazole rings is 1. The Balaban J connectivity index is 1.85. The Morgan fingerprint density at radius 3 is 2.85 bits per heavy atom. The Morgan fingerprint density at radius 2 is 2.15 bits per heavy atom. The minimum Gasteiger partial charge on any atom is -0.328 e. The zero-order valence-electron chi connectivity index (χ0n) is 12.3. The normalized spacial score (nSPS) is 22.5. The quantitative estimate of drug-likeness (QED) is 0.850. The van der Waals surface area contributed by atoms with Gasteiger partial charge in [0, 0.05) is 12.5 Å². The molecule has 20 heavy (non-hydrogen) atoms. The van der Waals surface area contributed by atoms with E-state index in [-0.39, 0.29) is 5.92 Å². The number of nitrogens with zero attached hydrogens (tertiary/aromatic N) is 2. The second-order valence-corrected chi connectivity index (χ2v) is 6.02. The third-order valence-electron chi connectivity index (χ3n) is 4.53. The van der Waals surface area contributed by atoms with Gasteiger partial charge >= 0.3 is 0 Å². The van der Waals surface area contributed by atoms with Crippen molar-refractivity contribution in [3.63, 3.8) is 0 Å². The predicted molar refractivity (Wildman–Crippen MR) is 80.6 cm³/mol. The van der Waals surface area contributed by atoms with E-state index in [9.17, 15) is 4.79 Å². The second-order valence-electron chi connectivity index (χ2n) is 6.02. The molecule has 2 aromatic rings. The third-order valence-corrected chi connectivity index (χ3v) is 4.53. The van der Waals surface area contributed by atoms with E-state index >= 15 is 0 Å². The summed E-state index contributed by atoms with van der Waals surface area (Å²) in [6.45, 7) is 5.22. The van der Waals surface area contributed by atoms with Crippen LogP contribution >= 0.6 is 0 Å². The number of fused-ring (bicyclic) bond motifs is 1. The number of para-hydroxylation sites is 2. The van der Waals surface area contributed by atoms with E-state index in [0.29, 0.717) is 18.1 Å². The van der Waals surface area contributed by atoms with Crippen molar-refractivity contribution in [2.45, 2.75) is 46.1 Å². The smallest absolute Gasteiger partial charge is 0.143 e. The molecule has 0 spiro atoms. The molecule has 0 radical (unpaired) electrons. The zero-order chi connectivity index (χ0) is 14.1.